The molecule has 0 aliphatic carbocycles. The van der Waals surface area contributed by atoms with Crippen molar-refractivity contribution >= 4 is 17.5 Å². The zero-order valence-electron chi connectivity index (χ0n) is 20.3. The van der Waals surface area contributed by atoms with Crippen molar-refractivity contribution in [2.75, 3.05) is 10.6 Å². The van der Waals surface area contributed by atoms with Gasteiger partial charge in [-0.1, -0.05) is 69.3 Å². The van der Waals surface area contributed by atoms with E-state index >= 15 is 0 Å². The van der Waals surface area contributed by atoms with E-state index in [2.05, 4.69) is 48.5 Å². The van der Waals surface area contributed by atoms with Crippen molar-refractivity contribution in [2.24, 2.45) is 0 Å². The molecule has 7 heteroatoms. The summed E-state index contributed by atoms with van der Waals surface area (Å²) in [6.07, 6.45) is 3.48. The molecule has 4 aromatic rings. The lowest BCUT2D eigenvalue weighted by molar-refractivity contribution is -0.113. The molecule has 1 amide bonds. The highest BCUT2D eigenvalue weighted by molar-refractivity contribution is 6.06. The third-order valence-electron chi connectivity index (χ3n) is 6.14. The maximum absolute atomic E-state index is 13.5. The molecule has 1 unspecified atom stereocenters. The third kappa shape index (κ3) is 4.45. The molecule has 0 radical (unpaired) electrons. The molecule has 176 valence electrons. The normalized spacial score (nSPS) is 15.4. The first-order valence-electron chi connectivity index (χ1n) is 11.6. The Bertz CT molecular complexity index is 1380. The average Bonchev–Trinajstić information content (AvgIpc) is 3.27. The van der Waals surface area contributed by atoms with Crippen molar-refractivity contribution in [2.45, 2.75) is 39.2 Å². The number of hydrogen-bond donors (Lipinski definition) is 2. The van der Waals surface area contributed by atoms with E-state index < -0.39 is 6.04 Å². The fourth-order valence-electron chi connectivity index (χ4n) is 4.25. The van der Waals surface area contributed by atoms with Gasteiger partial charge in [-0.3, -0.25) is 9.78 Å². The van der Waals surface area contributed by atoms with Gasteiger partial charge in [0.15, 0.2) is 5.82 Å². The van der Waals surface area contributed by atoms with Crippen molar-refractivity contribution in [1.82, 2.24) is 19.7 Å². The molecule has 0 bridgehead atoms. The van der Waals surface area contributed by atoms with Gasteiger partial charge in [-0.2, -0.15) is 4.98 Å². The van der Waals surface area contributed by atoms with Gasteiger partial charge < -0.3 is 10.6 Å². The molecule has 0 spiro atoms. The van der Waals surface area contributed by atoms with Gasteiger partial charge in [-0.05, 0) is 41.7 Å². The number of carbonyl (C=O) groups excluding carboxylic acids is 1. The maximum atomic E-state index is 13.5. The summed E-state index contributed by atoms with van der Waals surface area (Å²) < 4.78 is 1.77. The Morgan fingerprint density at radius 2 is 1.74 bits per heavy atom. The Balaban J connectivity index is 1.55. The van der Waals surface area contributed by atoms with E-state index in [1.54, 1.807) is 17.1 Å². The lowest BCUT2D eigenvalue weighted by atomic mass is 9.87. The fourth-order valence-corrected chi connectivity index (χ4v) is 4.25. The standard InChI is InChI=1S/C28H28N6O/c1-18-23(26(35)31-22-10-6-5-7-11-22)24(20-9-8-16-29-17-20)34-27(30-18)32-25(33-34)19-12-14-21(15-13-19)28(2,3)4/h5-17,24H,1-4H3,(H,31,35)(H,30,32,33). The molecule has 0 saturated carbocycles. The molecule has 1 aliphatic heterocycles. The average molecular weight is 465 g/mol. The SMILES string of the molecule is CC1=C(C(=O)Nc2ccccc2)C(c2cccnc2)n2nc(-c3ccc(C(C)(C)C)cc3)nc2N1. The Labute approximate surface area is 204 Å². The number of amides is 1. The van der Waals surface area contributed by atoms with Crippen molar-refractivity contribution in [3.8, 4) is 11.4 Å². The lowest BCUT2D eigenvalue weighted by Crippen LogP contribution is -2.31. The molecule has 7 nitrogen and oxygen atoms in total. The van der Waals surface area contributed by atoms with Crippen LogP contribution in [0.25, 0.3) is 11.4 Å². The minimum Gasteiger partial charge on any atom is -0.328 e. The van der Waals surface area contributed by atoms with Crippen LogP contribution in [0.5, 0.6) is 0 Å². The summed E-state index contributed by atoms with van der Waals surface area (Å²) in [6, 6.07) is 21.1. The van der Waals surface area contributed by atoms with Crippen molar-refractivity contribution in [3.63, 3.8) is 0 Å². The van der Waals surface area contributed by atoms with Crippen molar-refractivity contribution in [3.05, 3.63) is 102 Å². The molecular formula is C28H28N6O. The van der Waals surface area contributed by atoms with Crippen molar-refractivity contribution < 1.29 is 4.79 Å². The van der Waals surface area contributed by atoms with Crippen LogP contribution in [-0.2, 0) is 10.2 Å². The van der Waals surface area contributed by atoms with E-state index in [0.29, 0.717) is 17.3 Å². The Hall–Kier alpha value is -4.26. The van der Waals surface area contributed by atoms with E-state index in [0.717, 1.165) is 22.5 Å². The van der Waals surface area contributed by atoms with E-state index in [9.17, 15) is 4.79 Å². The fraction of sp³-hybridized carbons (Fsp3) is 0.214. The molecule has 2 aromatic carbocycles. The van der Waals surface area contributed by atoms with Crippen LogP contribution in [0.15, 0.2) is 90.4 Å². The molecule has 2 aromatic heterocycles. The van der Waals surface area contributed by atoms with Crippen LogP contribution < -0.4 is 10.6 Å². The molecule has 1 atom stereocenters. The topological polar surface area (TPSA) is 84.7 Å². The molecule has 5 rings (SSSR count). The number of hydrogen-bond acceptors (Lipinski definition) is 5. The van der Waals surface area contributed by atoms with Crippen LogP contribution in [0.3, 0.4) is 0 Å². The van der Waals surface area contributed by atoms with Gasteiger partial charge in [0.05, 0.1) is 5.57 Å². The number of allylic oxidation sites excluding steroid dienone is 1. The molecule has 2 N–H and O–H groups in total. The monoisotopic (exact) mass is 464 g/mol. The van der Waals surface area contributed by atoms with Gasteiger partial charge in [0.1, 0.15) is 6.04 Å². The number of benzene rings is 2. The number of rotatable bonds is 4. The minimum absolute atomic E-state index is 0.0639. The van der Waals surface area contributed by atoms with Crippen LogP contribution in [-0.4, -0.2) is 25.7 Å². The molecule has 1 aliphatic rings. The second-order valence-electron chi connectivity index (χ2n) is 9.70. The maximum Gasteiger partial charge on any atom is 0.255 e. The number of anilines is 2. The third-order valence-corrected chi connectivity index (χ3v) is 6.14. The highest BCUT2D eigenvalue weighted by Gasteiger charge is 2.34. The van der Waals surface area contributed by atoms with Crippen LogP contribution in [0, 0.1) is 0 Å². The highest BCUT2D eigenvalue weighted by Crippen LogP contribution is 2.36. The first-order chi connectivity index (χ1) is 16.8. The largest absolute Gasteiger partial charge is 0.328 e. The summed E-state index contributed by atoms with van der Waals surface area (Å²) >= 11 is 0. The van der Waals surface area contributed by atoms with E-state index in [1.807, 2.05) is 61.5 Å². The minimum atomic E-state index is -0.473. The zero-order chi connectivity index (χ0) is 24.6. The summed E-state index contributed by atoms with van der Waals surface area (Å²) in [5.74, 6) is 0.981. The molecule has 3 heterocycles. The zero-order valence-corrected chi connectivity index (χ0v) is 20.3. The van der Waals surface area contributed by atoms with Crippen LogP contribution in [0.2, 0.25) is 0 Å². The lowest BCUT2D eigenvalue weighted by Gasteiger charge is -2.28. The summed E-state index contributed by atoms with van der Waals surface area (Å²) in [6.45, 7) is 8.45. The number of nitrogens with one attached hydrogen (secondary N) is 2. The molecular weight excluding hydrogens is 436 g/mol. The Morgan fingerprint density at radius 1 is 1.00 bits per heavy atom. The van der Waals surface area contributed by atoms with Crippen LogP contribution in [0.1, 0.15) is 44.9 Å². The number of nitrogens with zero attached hydrogens (tertiary/aromatic N) is 4. The van der Waals surface area contributed by atoms with E-state index in [1.165, 1.54) is 5.56 Å². The first-order valence-corrected chi connectivity index (χ1v) is 11.6. The number of aromatic nitrogens is 4. The number of carbonyl (C=O) groups is 1. The highest BCUT2D eigenvalue weighted by atomic mass is 16.1. The summed E-state index contributed by atoms with van der Waals surface area (Å²) in [7, 11) is 0. The summed E-state index contributed by atoms with van der Waals surface area (Å²) in [5.41, 5.74) is 5.09. The van der Waals surface area contributed by atoms with Gasteiger partial charge in [0, 0.05) is 29.3 Å². The molecule has 0 fully saturated rings. The number of para-hydroxylation sites is 1. The van der Waals surface area contributed by atoms with Gasteiger partial charge >= 0.3 is 0 Å². The quantitative estimate of drug-likeness (QED) is 0.413. The van der Waals surface area contributed by atoms with Crippen molar-refractivity contribution in [1.29, 1.82) is 0 Å². The number of pyridine rings is 1. The summed E-state index contributed by atoms with van der Waals surface area (Å²) in [4.78, 5) is 22.6. The van der Waals surface area contributed by atoms with Gasteiger partial charge in [-0.25, -0.2) is 4.68 Å². The van der Waals surface area contributed by atoms with E-state index in [-0.39, 0.29) is 11.3 Å². The number of fused-ring (bicyclic) bond motifs is 1. The Morgan fingerprint density at radius 3 is 2.40 bits per heavy atom. The van der Waals surface area contributed by atoms with Gasteiger partial charge in [-0.15, -0.1) is 5.10 Å². The molecule has 35 heavy (non-hydrogen) atoms. The smallest absolute Gasteiger partial charge is 0.255 e. The second-order valence-corrected chi connectivity index (χ2v) is 9.70. The van der Waals surface area contributed by atoms with Gasteiger partial charge in [0.25, 0.3) is 5.91 Å². The molecule has 0 saturated heterocycles. The van der Waals surface area contributed by atoms with Crippen LogP contribution >= 0.6 is 0 Å². The predicted molar refractivity (Wildman–Crippen MR) is 138 cm³/mol. The van der Waals surface area contributed by atoms with Gasteiger partial charge in [0.2, 0.25) is 5.95 Å². The predicted octanol–water partition coefficient (Wildman–Crippen LogP) is 5.57. The Kier molecular flexibility index (Phi) is 5.68. The second kappa shape index (κ2) is 8.83. The van der Waals surface area contributed by atoms with E-state index in [4.69, 9.17) is 10.1 Å². The van der Waals surface area contributed by atoms with Crippen LogP contribution in [0.4, 0.5) is 11.6 Å². The summed E-state index contributed by atoms with van der Waals surface area (Å²) in [5, 5.41) is 11.1. The first kappa shape index (κ1) is 22.5.